The molecule has 3 aromatic rings. The van der Waals surface area contributed by atoms with Gasteiger partial charge in [0.25, 0.3) is 0 Å². The third-order valence-corrected chi connectivity index (χ3v) is 8.21. The maximum Gasteiger partial charge on any atom is 0.243 e. The van der Waals surface area contributed by atoms with Crippen molar-refractivity contribution in [1.29, 1.82) is 5.26 Å². The predicted molar refractivity (Wildman–Crippen MR) is 138 cm³/mol. The van der Waals surface area contributed by atoms with Gasteiger partial charge in [-0.15, -0.1) is 0 Å². The SMILES string of the molecule is CN(C(=O)CN1CCN(S(=O)(=O)c2ccc(Oc3cccc(Cl)c3C#N)cc2)CC1)c1ccccc1. The first-order valence-electron chi connectivity index (χ1n) is 11.3. The summed E-state index contributed by atoms with van der Waals surface area (Å²) in [5, 5.41) is 9.57. The molecule has 1 heterocycles. The van der Waals surface area contributed by atoms with E-state index in [1.54, 1.807) is 42.3 Å². The van der Waals surface area contributed by atoms with E-state index >= 15 is 0 Å². The van der Waals surface area contributed by atoms with Gasteiger partial charge in [0.2, 0.25) is 15.9 Å². The molecule has 1 amide bonds. The highest BCUT2D eigenvalue weighted by atomic mass is 35.5. The van der Waals surface area contributed by atoms with Gasteiger partial charge < -0.3 is 9.64 Å². The molecule has 0 unspecified atom stereocenters. The molecule has 0 saturated carbocycles. The normalized spacial score (nSPS) is 14.7. The number of nitrogens with zero attached hydrogens (tertiary/aromatic N) is 4. The number of likely N-dealkylation sites (N-methyl/N-ethyl adjacent to an activating group) is 1. The summed E-state index contributed by atoms with van der Waals surface area (Å²) in [4.78, 5) is 16.4. The molecule has 1 fully saturated rings. The Morgan fingerprint density at radius 2 is 1.67 bits per heavy atom. The maximum absolute atomic E-state index is 13.2. The number of hydrogen-bond donors (Lipinski definition) is 0. The topological polar surface area (TPSA) is 94.0 Å². The predicted octanol–water partition coefficient (Wildman–Crippen LogP) is 3.97. The lowest BCUT2D eigenvalue weighted by Crippen LogP contribution is -2.51. The van der Waals surface area contributed by atoms with Crippen molar-refractivity contribution < 1.29 is 17.9 Å². The van der Waals surface area contributed by atoms with Crippen molar-refractivity contribution in [1.82, 2.24) is 9.21 Å². The minimum absolute atomic E-state index is 0.0487. The van der Waals surface area contributed by atoms with Gasteiger partial charge in [-0.2, -0.15) is 9.57 Å². The van der Waals surface area contributed by atoms with Crippen LogP contribution in [0.25, 0.3) is 0 Å². The lowest BCUT2D eigenvalue weighted by atomic mass is 10.2. The molecule has 0 aromatic heterocycles. The zero-order valence-corrected chi connectivity index (χ0v) is 21.2. The Balaban J connectivity index is 1.35. The van der Waals surface area contributed by atoms with Gasteiger partial charge in [-0.3, -0.25) is 9.69 Å². The van der Waals surface area contributed by atoms with E-state index in [1.807, 2.05) is 41.3 Å². The number of anilines is 1. The van der Waals surface area contributed by atoms with Gasteiger partial charge >= 0.3 is 0 Å². The third kappa shape index (κ3) is 5.69. The number of para-hydroxylation sites is 1. The highest BCUT2D eigenvalue weighted by molar-refractivity contribution is 7.89. The van der Waals surface area contributed by atoms with Gasteiger partial charge in [-0.25, -0.2) is 8.42 Å². The third-order valence-electron chi connectivity index (χ3n) is 5.98. The van der Waals surface area contributed by atoms with Crippen molar-refractivity contribution in [3.8, 4) is 17.6 Å². The zero-order valence-electron chi connectivity index (χ0n) is 19.7. The maximum atomic E-state index is 13.2. The molecule has 8 nitrogen and oxygen atoms in total. The molecule has 1 aliphatic heterocycles. The summed E-state index contributed by atoms with van der Waals surface area (Å²) in [5.74, 6) is 0.634. The molecular weight excluding hydrogens is 500 g/mol. The fourth-order valence-electron chi connectivity index (χ4n) is 3.87. The molecule has 0 radical (unpaired) electrons. The van der Waals surface area contributed by atoms with Crippen molar-refractivity contribution in [2.24, 2.45) is 0 Å². The molecule has 0 N–H and O–H groups in total. The summed E-state index contributed by atoms with van der Waals surface area (Å²) < 4.78 is 33.5. The van der Waals surface area contributed by atoms with Crippen molar-refractivity contribution in [3.63, 3.8) is 0 Å². The Labute approximate surface area is 215 Å². The number of carbonyl (C=O) groups is 1. The summed E-state index contributed by atoms with van der Waals surface area (Å²) in [5.41, 5.74) is 1.03. The van der Waals surface area contributed by atoms with Crippen LogP contribution in [0.5, 0.6) is 11.5 Å². The molecule has 186 valence electrons. The summed E-state index contributed by atoms with van der Waals surface area (Å²) in [6.07, 6.45) is 0. The van der Waals surface area contributed by atoms with Gasteiger partial charge in [0.1, 0.15) is 23.1 Å². The van der Waals surface area contributed by atoms with Crippen molar-refractivity contribution in [2.45, 2.75) is 4.90 Å². The minimum atomic E-state index is -3.70. The largest absolute Gasteiger partial charge is 0.456 e. The molecule has 0 bridgehead atoms. The summed E-state index contributed by atoms with van der Waals surface area (Å²) in [7, 11) is -1.96. The van der Waals surface area contributed by atoms with Gasteiger partial charge in [0.05, 0.1) is 16.5 Å². The van der Waals surface area contributed by atoms with E-state index in [2.05, 4.69) is 0 Å². The van der Waals surface area contributed by atoms with Crippen LogP contribution in [0.2, 0.25) is 5.02 Å². The number of piperazine rings is 1. The van der Waals surface area contributed by atoms with Crippen LogP contribution in [-0.4, -0.2) is 63.3 Å². The van der Waals surface area contributed by atoms with Crippen molar-refractivity contribution in [3.05, 3.63) is 83.4 Å². The Hall–Kier alpha value is -3.42. The second-order valence-corrected chi connectivity index (χ2v) is 10.6. The Bertz CT molecular complexity index is 1370. The molecule has 1 saturated heterocycles. The van der Waals surface area contributed by atoms with Crippen LogP contribution in [-0.2, 0) is 14.8 Å². The molecule has 0 atom stereocenters. The quantitative estimate of drug-likeness (QED) is 0.464. The van der Waals surface area contributed by atoms with Crippen LogP contribution in [0.1, 0.15) is 5.56 Å². The average Bonchev–Trinajstić information content (AvgIpc) is 2.89. The molecule has 1 aliphatic rings. The van der Waals surface area contributed by atoms with Gasteiger partial charge in [0.15, 0.2) is 0 Å². The number of halogens is 1. The fraction of sp³-hybridized carbons (Fsp3) is 0.231. The molecular formula is C26H25ClN4O4S. The summed E-state index contributed by atoms with van der Waals surface area (Å²) in [6, 6.07) is 22.3. The van der Waals surface area contributed by atoms with Crippen molar-refractivity contribution >= 4 is 33.2 Å². The number of nitriles is 1. The van der Waals surface area contributed by atoms with Crippen LogP contribution in [0, 0.1) is 11.3 Å². The molecule has 36 heavy (non-hydrogen) atoms. The van der Waals surface area contributed by atoms with Gasteiger partial charge in [-0.1, -0.05) is 35.9 Å². The standard InChI is InChI=1S/C26H25ClN4O4S/c1-29(20-6-3-2-4-7-20)26(32)19-30-14-16-31(17-15-30)36(33,34)22-12-10-21(11-13-22)35-25-9-5-8-24(27)23(25)18-28/h2-13H,14-17,19H2,1H3. The Kier molecular flexibility index (Phi) is 7.91. The molecule has 3 aromatic carbocycles. The van der Waals surface area contributed by atoms with E-state index < -0.39 is 10.0 Å². The Morgan fingerprint density at radius 1 is 1.00 bits per heavy atom. The van der Waals surface area contributed by atoms with E-state index in [-0.39, 0.29) is 41.0 Å². The molecule has 4 rings (SSSR count). The van der Waals surface area contributed by atoms with Crippen molar-refractivity contribution in [2.75, 3.05) is 44.7 Å². The van der Waals surface area contributed by atoms with Crippen LogP contribution < -0.4 is 9.64 Å². The van der Waals surface area contributed by atoms with Gasteiger partial charge in [-0.05, 0) is 48.5 Å². The molecule has 0 aliphatic carbocycles. The number of carbonyl (C=O) groups excluding carboxylic acids is 1. The van der Waals surface area contributed by atoms with Crippen LogP contribution in [0.15, 0.2) is 77.7 Å². The monoisotopic (exact) mass is 524 g/mol. The second-order valence-electron chi connectivity index (χ2n) is 8.27. The van der Waals surface area contributed by atoms with E-state index in [4.69, 9.17) is 16.3 Å². The lowest BCUT2D eigenvalue weighted by Gasteiger charge is -2.34. The molecule has 10 heteroatoms. The van der Waals surface area contributed by atoms with Crippen LogP contribution >= 0.6 is 11.6 Å². The number of ether oxygens (including phenoxy) is 1. The van der Waals surface area contributed by atoms with Gasteiger partial charge in [0, 0.05) is 38.9 Å². The second kappa shape index (κ2) is 11.1. The van der Waals surface area contributed by atoms with E-state index in [0.717, 1.165) is 5.69 Å². The first-order valence-corrected chi connectivity index (χ1v) is 13.1. The number of amides is 1. The highest BCUT2D eigenvalue weighted by Crippen LogP contribution is 2.30. The Morgan fingerprint density at radius 3 is 2.31 bits per heavy atom. The number of benzene rings is 3. The zero-order chi connectivity index (χ0) is 25.7. The number of hydrogen-bond acceptors (Lipinski definition) is 6. The number of rotatable bonds is 7. The number of sulfonamides is 1. The highest BCUT2D eigenvalue weighted by Gasteiger charge is 2.29. The first kappa shape index (κ1) is 25.7. The van der Waals surface area contributed by atoms with E-state index in [1.165, 1.54) is 16.4 Å². The van der Waals surface area contributed by atoms with Crippen LogP contribution in [0.3, 0.4) is 0 Å². The average molecular weight is 525 g/mol. The smallest absolute Gasteiger partial charge is 0.243 e. The summed E-state index contributed by atoms with van der Waals surface area (Å²) >= 11 is 6.04. The lowest BCUT2D eigenvalue weighted by molar-refractivity contribution is -0.119. The summed E-state index contributed by atoms with van der Waals surface area (Å²) in [6.45, 7) is 1.72. The van der Waals surface area contributed by atoms with E-state index in [9.17, 15) is 18.5 Å². The fourth-order valence-corrected chi connectivity index (χ4v) is 5.50. The first-order chi connectivity index (χ1) is 17.3. The minimum Gasteiger partial charge on any atom is -0.456 e. The van der Waals surface area contributed by atoms with E-state index in [0.29, 0.717) is 24.6 Å². The molecule has 0 spiro atoms. The van der Waals surface area contributed by atoms with Crippen LogP contribution in [0.4, 0.5) is 5.69 Å².